The van der Waals surface area contributed by atoms with Crippen LogP contribution in [0.15, 0.2) is 60.7 Å². The molecular weight excluding hydrogens is 296 g/mol. The van der Waals surface area contributed by atoms with E-state index in [1.54, 1.807) is 0 Å². The summed E-state index contributed by atoms with van der Waals surface area (Å²) < 4.78 is 0. The van der Waals surface area contributed by atoms with Gasteiger partial charge in [-0.15, -0.1) is 0 Å². The van der Waals surface area contributed by atoms with E-state index >= 15 is 0 Å². The monoisotopic (exact) mass is 322 g/mol. The highest BCUT2D eigenvalue weighted by molar-refractivity contribution is 5.76. The number of likely N-dealkylation sites (tertiary alicyclic amines) is 1. The second-order valence-electron chi connectivity index (χ2n) is 6.52. The molecule has 0 aromatic heterocycles. The molecule has 126 valence electrons. The van der Waals surface area contributed by atoms with Crippen molar-refractivity contribution in [3.05, 3.63) is 71.8 Å². The zero-order chi connectivity index (χ0) is 16.6. The summed E-state index contributed by atoms with van der Waals surface area (Å²) in [4.78, 5) is 14.9. The van der Waals surface area contributed by atoms with E-state index in [9.17, 15) is 4.79 Å². The number of aryl methyl sites for hydroxylation is 1. The fourth-order valence-corrected chi connectivity index (χ4v) is 3.31. The van der Waals surface area contributed by atoms with Crippen LogP contribution in [0.4, 0.5) is 0 Å². The lowest BCUT2D eigenvalue weighted by atomic mass is 10.1. The van der Waals surface area contributed by atoms with Crippen molar-refractivity contribution in [3.63, 3.8) is 0 Å². The lowest BCUT2D eigenvalue weighted by molar-refractivity contribution is -0.121. The van der Waals surface area contributed by atoms with Crippen molar-refractivity contribution in [1.82, 2.24) is 10.2 Å². The summed E-state index contributed by atoms with van der Waals surface area (Å²) in [6.07, 6.45) is 3.86. The normalized spacial score (nSPS) is 16.0. The van der Waals surface area contributed by atoms with Crippen LogP contribution < -0.4 is 5.32 Å². The van der Waals surface area contributed by atoms with Gasteiger partial charge < -0.3 is 10.2 Å². The average molecular weight is 322 g/mol. The molecule has 24 heavy (non-hydrogen) atoms. The first kappa shape index (κ1) is 16.7. The molecule has 1 aliphatic heterocycles. The Hall–Kier alpha value is -2.13. The van der Waals surface area contributed by atoms with E-state index < -0.39 is 0 Å². The van der Waals surface area contributed by atoms with Gasteiger partial charge in [-0.05, 0) is 43.5 Å². The molecule has 0 radical (unpaired) electrons. The lowest BCUT2D eigenvalue weighted by Crippen LogP contribution is -2.37. The van der Waals surface area contributed by atoms with E-state index in [0.29, 0.717) is 6.42 Å². The topological polar surface area (TPSA) is 32.3 Å². The van der Waals surface area contributed by atoms with E-state index in [0.717, 1.165) is 26.1 Å². The smallest absolute Gasteiger partial charge is 0.220 e. The summed E-state index contributed by atoms with van der Waals surface area (Å²) in [5.74, 6) is 0.131. The van der Waals surface area contributed by atoms with Crippen LogP contribution in [0.1, 0.15) is 36.4 Å². The van der Waals surface area contributed by atoms with Crippen LogP contribution in [0.25, 0.3) is 0 Å². The van der Waals surface area contributed by atoms with Crippen LogP contribution in [0.5, 0.6) is 0 Å². The van der Waals surface area contributed by atoms with E-state index in [1.807, 2.05) is 36.4 Å². The molecule has 0 saturated carbocycles. The fraction of sp³-hybridized carbons (Fsp3) is 0.381. The van der Waals surface area contributed by atoms with E-state index in [1.165, 1.54) is 24.0 Å². The molecule has 1 unspecified atom stereocenters. The Bertz CT molecular complexity index is 621. The van der Waals surface area contributed by atoms with Crippen molar-refractivity contribution in [1.29, 1.82) is 0 Å². The quantitative estimate of drug-likeness (QED) is 0.845. The Morgan fingerprint density at radius 1 is 0.958 bits per heavy atom. The van der Waals surface area contributed by atoms with Gasteiger partial charge in [0.1, 0.15) is 0 Å². The van der Waals surface area contributed by atoms with E-state index in [4.69, 9.17) is 0 Å². The Morgan fingerprint density at radius 2 is 1.58 bits per heavy atom. The highest BCUT2D eigenvalue weighted by atomic mass is 16.1. The summed E-state index contributed by atoms with van der Waals surface area (Å²) in [6.45, 7) is 3.19. The van der Waals surface area contributed by atoms with Gasteiger partial charge in [0, 0.05) is 13.0 Å². The predicted molar refractivity (Wildman–Crippen MR) is 97.8 cm³/mol. The standard InChI is InChI=1S/C21H26N2O/c24-21(14-13-18-9-3-1-4-10-18)22-20(17-23-15-7-8-16-23)19-11-5-2-6-12-19/h1-6,9-12,20H,7-8,13-17H2,(H,22,24). The number of carbonyl (C=O) groups excluding carboxylic acids is 1. The Morgan fingerprint density at radius 3 is 2.25 bits per heavy atom. The first-order chi connectivity index (χ1) is 11.8. The summed E-state index contributed by atoms with van der Waals surface area (Å²) in [7, 11) is 0. The number of benzene rings is 2. The number of rotatable bonds is 7. The van der Waals surface area contributed by atoms with Crippen molar-refractivity contribution >= 4 is 5.91 Å². The third kappa shape index (κ3) is 4.93. The Balaban J connectivity index is 1.59. The molecule has 2 aromatic rings. The minimum Gasteiger partial charge on any atom is -0.348 e. The first-order valence-corrected chi connectivity index (χ1v) is 8.92. The van der Waals surface area contributed by atoms with Gasteiger partial charge in [-0.1, -0.05) is 60.7 Å². The van der Waals surface area contributed by atoms with Crippen molar-refractivity contribution in [2.75, 3.05) is 19.6 Å². The third-order valence-electron chi connectivity index (χ3n) is 4.66. The maximum Gasteiger partial charge on any atom is 0.220 e. The molecule has 3 heteroatoms. The number of amides is 1. The highest BCUT2D eigenvalue weighted by Crippen LogP contribution is 2.18. The van der Waals surface area contributed by atoms with Gasteiger partial charge >= 0.3 is 0 Å². The van der Waals surface area contributed by atoms with Gasteiger partial charge in [-0.3, -0.25) is 4.79 Å². The van der Waals surface area contributed by atoms with Crippen LogP contribution in [0.2, 0.25) is 0 Å². The molecule has 1 amide bonds. The zero-order valence-corrected chi connectivity index (χ0v) is 14.2. The van der Waals surface area contributed by atoms with E-state index in [2.05, 4.69) is 34.5 Å². The maximum atomic E-state index is 12.4. The van der Waals surface area contributed by atoms with Crippen LogP contribution in [-0.4, -0.2) is 30.4 Å². The number of hydrogen-bond donors (Lipinski definition) is 1. The van der Waals surface area contributed by atoms with Gasteiger partial charge in [0.2, 0.25) is 5.91 Å². The van der Waals surface area contributed by atoms with E-state index in [-0.39, 0.29) is 11.9 Å². The van der Waals surface area contributed by atoms with Crippen molar-refractivity contribution in [2.24, 2.45) is 0 Å². The molecule has 0 spiro atoms. The molecule has 1 fully saturated rings. The number of nitrogens with zero attached hydrogens (tertiary/aromatic N) is 1. The van der Waals surface area contributed by atoms with Crippen molar-refractivity contribution < 1.29 is 4.79 Å². The highest BCUT2D eigenvalue weighted by Gasteiger charge is 2.20. The van der Waals surface area contributed by atoms with Crippen LogP contribution in [0.3, 0.4) is 0 Å². The third-order valence-corrected chi connectivity index (χ3v) is 4.66. The number of carbonyl (C=O) groups is 1. The average Bonchev–Trinajstić information content (AvgIpc) is 3.14. The van der Waals surface area contributed by atoms with Gasteiger partial charge in [0.25, 0.3) is 0 Å². The van der Waals surface area contributed by atoms with Crippen LogP contribution in [0, 0.1) is 0 Å². The summed E-state index contributed by atoms with van der Waals surface area (Å²) in [6, 6.07) is 20.6. The molecule has 1 saturated heterocycles. The largest absolute Gasteiger partial charge is 0.348 e. The molecule has 1 heterocycles. The zero-order valence-electron chi connectivity index (χ0n) is 14.2. The molecule has 2 aromatic carbocycles. The minimum atomic E-state index is 0.0765. The molecule has 1 atom stereocenters. The molecule has 3 nitrogen and oxygen atoms in total. The minimum absolute atomic E-state index is 0.0765. The summed E-state index contributed by atoms with van der Waals surface area (Å²) >= 11 is 0. The molecule has 1 aliphatic rings. The molecular formula is C21H26N2O. The first-order valence-electron chi connectivity index (χ1n) is 8.92. The second kappa shape index (κ2) is 8.65. The van der Waals surface area contributed by atoms with Gasteiger partial charge in [0.15, 0.2) is 0 Å². The second-order valence-corrected chi connectivity index (χ2v) is 6.52. The molecule has 3 rings (SSSR count). The fourth-order valence-electron chi connectivity index (χ4n) is 3.31. The molecule has 0 aliphatic carbocycles. The maximum absolute atomic E-state index is 12.4. The summed E-state index contributed by atoms with van der Waals surface area (Å²) in [5.41, 5.74) is 2.40. The van der Waals surface area contributed by atoms with Gasteiger partial charge in [0.05, 0.1) is 6.04 Å². The molecule has 1 N–H and O–H groups in total. The van der Waals surface area contributed by atoms with Crippen LogP contribution >= 0.6 is 0 Å². The van der Waals surface area contributed by atoms with Gasteiger partial charge in [-0.25, -0.2) is 0 Å². The van der Waals surface area contributed by atoms with Crippen molar-refractivity contribution in [3.8, 4) is 0 Å². The molecule has 0 bridgehead atoms. The lowest BCUT2D eigenvalue weighted by Gasteiger charge is -2.25. The summed E-state index contributed by atoms with van der Waals surface area (Å²) in [5, 5.41) is 3.25. The number of hydrogen-bond acceptors (Lipinski definition) is 2. The SMILES string of the molecule is O=C(CCc1ccccc1)NC(CN1CCCC1)c1ccccc1. The Labute approximate surface area is 144 Å². The van der Waals surface area contributed by atoms with Crippen LogP contribution in [-0.2, 0) is 11.2 Å². The number of nitrogens with one attached hydrogen (secondary N) is 1. The van der Waals surface area contributed by atoms with Crippen molar-refractivity contribution in [2.45, 2.75) is 31.7 Å². The Kier molecular flexibility index (Phi) is 6.02. The van der Waals surface area contributed by atoms with Gasteiger partial charge in [-0.2, -0.15) is 0 Å². The predicted octanol–water partition coefficient (Wildman–Crippen LogP) is 3.57.